The van der Waals surface area contributed by atoms with Gasteiger partial charge in [0.1, 0.15) is 0 Å². The quantitative estimate of drug-likeness (QED) is 0.114. The summed E-state index contributed by atoms with van der Waals surface area (Å²) >= 11 is 3.43. The Morgan fingerprint density at radius 2 is 1.54 bits per heavy atom. The summed E-state index contributed by atoms with van der Waals surface area (Å²) in [6, 6.07) is 8.20. The van der Waals surface area contributed by atoms with Crippen LogP contribution in [0.5, 0.6) is 0 Å². The summed E-state index contributed by atoms with van der Waals surface area (Å²) in [5, 5.41) is 17.2. The van der Waals surface area contributed by atoms with Crippen molar-refractivity contribution >= 4 is 40.5 Å². The van der Waals surface area contributed by atoms with Gasteiger partial charge in [-0.05, 0) is 74.1 Å². The van der Waals surface area contributed by atoms with Gasteiger partial charge in [-0.1, -0.05) is 71.6 Å². The molecule has 0 aliphatic heterocycles. The van der Waals surface area contributed by atoms with Crippen LogP contribution in [0, 0.1) is 5.41 Å². The van der Waals surface area contributed by atoms with Crippen LogP contribution in [-0.2, 0) is 4.74 Å². The fourth-order valence-corrected chi connectivity index (χ4v) is 3.15. The van der Waals surface area contributed by atoms with Gasteiger partial charge >= 0.3 is 0 Å². The minimum atomic E-state index is 0.443. The van der Waals surface area contributed by atoms with Gasteiger partial charge < -0.3 is 15.5 Å². The Morgan fingerprint density at radius 1 is 0.943 bits per heavy atom. The first-order valence-electron chi connectivity index (χ1n) is 12.3. The molecule has 0 unspecified atom stereocenters. The van der Waals surface area contributed by atoms with E-state index in [0.29, 0.717) is 12.4 Å². The lowest BCUT2D eigenvalue weighted by molar-refractivity contribution is 0.125. The molecule has 0 aliphatic rings. The smallest absolute Gasteiger partial charge is 0.0963 e. The molecule has 35 heavy (non-hydrogen) atoms. The summed E-state index contributed by atoms with van der Waals surface area (Å²) in [5.74, 6) is 0. The average Bonchev–Trinajstić information content (AvgIpc) is 3.63. The van der Waals surface area contributed by atoms with Gasteiger partial charge in [-0.25, -0.2) is 0 Å². The van der Waals surface area contributed by atoms with Gasteiger partial charge in [0.25, 0.3) is 0 Å². The molecule has 0 spiro atoms. The van der Waals surface area contributed by atoms with Crippen molar-refractivity contribution in [3.8, 4) is 0 Å². The van der Waals surface area contributed by atoms with Crippen molar-refractivity contribution in [3.05, 3.63) is 81.7 Å². The second kappa shape index (κ2) is 34.1. The van der Waals surface area contributed by atoms with Crippen LogP contribution < -0.4 is 10.6 Å². The third-order valence-electron chi connectivity index (χ3n) is 3.43. The fourth-order valence-electron chi connectivity index (χ4n) is 1.89. The molecule has 0 amide bonds. The van der Waals surface area contributed by atoms with E-state index in [1.807, 2.05) is 65.4 Å². The van der Waals surface area contributed by atoms with Gasteiger partial charge in [0.05, 0.1) is 19.0 Å². The van der Waals surface area contributed by atoms with E-state index in [1.54, 1.807) is 28.7 Å². The molecule has 0 saturated heterocycles. The van der Waals surface area contributed by atoms with Crippen LogP contribution in [0.15, 0.2) is 72.0 Å². The van der Waals surface area contributed by atoms with Gasteiger partial charge in [0.2, 0.25) is 0 Å². The zero-order valence-electron chi connectivity index (χ0n) is 23.0. The lowest BCUT2D eigenvalue weighted by Gasteiger charge is -2.00. The first kappa shape index (κ1) is 37.5. The van der Waals surface area contributed by atoms with E-state index < -0.39 is 0 Å². The Labute approximate surface area is 224 Å². The summed E-state index contributed by atoms with van der Waals surface area (Å²) in [7, 11) is 3.77. The molecule has 0 atom stereocenters. The number of likely N-dealkylation sites (N-methyl/N-ethyl adjacent to an activating group) is 1. The SMILES string of the molecule is C=CC(=N)/C=C/c1cccs1.CC.CC.CC/C=C\C/C=C/c1cccs1.CNCCOCNC. The highest BCUT2D eigenvalue weighted by molar-refractivity contribution is 7.11. The summed E-state index contributed by atoms with van der Waals surface area (Å²) in [5.41, 5.74) is 0.443. The number of hydrogen-bond donors (Lipinski definition) is 3. The standard InChI is InChI=1S/C11H14S.C9H9NS.C5H14N2O.2C2H6/c1-2-3-4-5-6-8-11-9-7-10-12-11;1-2-8(10)5-6-9-4-3-7-11-9;1-6-3-4-8-5-7-2;2*1-2/h3-4,6-10H,2,5H2,1H3;2-7,10H,1H2;6-7H,3-5H2,1-2H3;2*1-2H3/b4-3-,8-6+;6-5+,10-8?;;;. The van der Waals surface area contributed by atoms with Gasteiger partial charge in [0.15, 0.2) is 0 Å². The lowest BCUT2D eigenvalue weighted by Crippen LogP contribution is -2.19. The summed E-state index contributed by atoms with van der Waals surface area (Å²) in [6.45, 7) is 16.0. The Bertz CT molecular complexity index is 728. The van der Waals surface area contributed by atoms with Crippen molar-refractivity contribution in [1.82, 2.24) is 10.6 Å². The zero-order valence-corrected chi connectivity index (χ0v) is 24.6. The summed E-state index contributed by atoms with van der Waals surface area (Å²) in [4.78, 5) is 2.50. The summed E-state index contributed by atoms with van der Waals surface area (Å²) in [6.07, 6.45) is 16.1. The second-order valence-electron chi connectivity index (χ2n) is 6.05. The largest absolute Gasteiger partial charge is 0.365 e. The van der Waals surface area contributed by atoms with Crippen LogP contribution in [-0.4, -0.2) is 39.7 Å². The molecule has 198 valence electrons. The minimum Gasteiger partial charge on any atom is -0.365 e. The number of nitrogens with one attached hydrogen (secondary N) is 3. The van der Waals surface area contributed by atoms with Crippen LogP contribution in [0.4, 0.5) is 0 Å². The average molecular weight is 520 g/mol. The Kier molecular flexibility index (Phi) is 36.5. The first-order chi connectivity index (χ1) is 17.2. The van der Waals surface area contributed by atoms with Crippen LogP contribution in [0.3, 0.4) is 0 Å². The van der Waals surface area contributed by atoms with E-state index in [2.05, 4.69) is 66.0 Å². The molecule has 0 aromatic carbocycles. The predicted molar refractivity (Wildman–Crippen MR) is 165 cm³/mol. The third kappa shape index (κ3) is 29.9. The van der Waals surface area contributed by atoms with Crippen molar-refractivity contribution in [2.75, 3.05) is 34.0 Å². The topological polar surface area (TPSA) is 57.1 Å². The van der Waals surface area contributed by atoms with Crippen molar-refractivity contribution in [2.24, 2.45) is 0 Å². The highest BCUT2D eigenvalue weighted by Crippen LogP contribution is 2.11. The Balaban J connectivity index is -0.000000416. The van der Waals surface area contributed by atoms with Crippen molar-refractivity contribution in [3.63, 3.8) is 0 Å². The maximum absolute atomic E-state index is 7.24. The van der Waals surface area contributed by atoms with Crippen LogP contribution in [0.2, 0.25) is 0 Å². The van der Waals surface area contributed by atoms with Gasteiger partial charge in [0, 0.05) is 16.3 Å². The molecule has 0 bridgehead atoms. The number of thiophene rings is 2. The molecule has 2 rings (SSSR count). The highest BCUT2D eigenvalue weighted by Gasteiger charge is 1.85. The molecule has 0 radical (unpaired) electrons. The number of allylic oxidation sites excluding steroid dienone is 5. The van der Waals surface area contributed by atoms with E-state index in [4.69, 9.17) is 10.1 Å². The number of ether oxygens (including phenoxy) is 1. The molecule has 2 aromatic rings. The van der Waals surface area contributed by atoms with E-state index in [-0.39, 0.29) is 0 Å². The van der Waals surface area contributed by atoms with E-state index in [9.17, 15) is 0 Å². The maximum Gasteiger partial charge on any atom is 0.0963 e. The third-order valence-corrected chi connectivity index (χ3v) is 5.11. The zero-order chi connectivity index (χ0) is 27.0. The minimum absolute atomic E-state index is 0.443. The van der Waals surface area contributed by atoms with Crippen molar-refractivity contribution < 1.29 is 4.74 Å². The number of hydrogen-bond acceptors (Lipinski definition) is 6. The molecule has 0 saturated carbocycles. The molecule has 2 aromatic heterocycles. The summed E-state index contributed by atoms with van der Waals surface area (Å²) < 4.78 is 5.05. The molecule has 6 heteroatoms. The first-order valence-corrected chi connectivity index (χ1v) is 14.1. The van der Waals surface area contributed by atoms with Gasteiger partial charge in [-0.3, -0.25) is 5.32 Å². The van der Waals surface area contributed by atoms with E-state index in [0.717, 1.165) is 30.9 Å². The molecular weight excluding hydrogens is 470 g/mol. The molecule has 0 fully saturated rings. The normalized spacial score (nSPS) is 9.80. The molecule has 2 heterocycles. The van der Waals surface area contributed by atoms with Crippen LogP contribution >= 0.6 is 22.7 Å². The van der Waals surface area contributed by atoms with E-state index >= 15 is 0 Å². The molecule has 4 nitrogen and oxygen atoms in total. The van der Waals surface area contributed by atoms with Crippen molar-refractivity contribution in [1.29, 1.82) is 5.41 Å². The predicted octanol–water partition coefficient (Wildman–Crippen LogP) is 8.54. The molecule has 0 aliphatic carbocycles. The fraction of sp³-hybridized carbons (Fsp3) is 0.414. The Morgan fingerprint density at radius 3 is 2.00 bits per heavy atom. The molecular formula is C29H49N3OS2. The molecule has 3 N–H and O–H groups in total. The van der Waals surface area contributed by atoms with Crippen LogP contribution in [0.25, 0.3) is 12.2 Å². The van der Waals surface area contributed by atoms with Crippen LogP contribution in [0.1, 0.15) is 57.2 Å². The second-order valence-corrected chi connectivity index (χ2v) is 8.01. The Hall–Kier alpha value is -2.09. The van der Waals surface area contributed by atoms with Crippen molar-refractivity contribution in [2.45, 2.75) is 47.5 Å². The lowest BCUT2D eigenvalue weighted by atomic mass is 10.3. The maximum atomic E-state index is 7.24. The van der Waals surface area contributed by atoms with E-state index in [1.165, 1.54) is 11.0 Å². The number of rotatable bonds is 12. The monoisotopic (exact) mass is 519 g/mol. The van der Waals surface area contributed by atoms with Gasteiger partial charge in [-0.2, -0.15) is 0 Å². The highest BCUT2D eigenvalue weighted by atomic mass is 32.1. The van der Waals surface area contributed by atoms with Gasteiger partial charge in [-0.15, -0.1) is 22.7 Å².